The Morgan fingerprint density at radius 1 is 1.11 bits per heavy atom. The lowest BCUT2D eigenvalue weighted by Crippen LogP contribution is -2.60. The van der Waals surface area contributed by atoms with Crippen LogP contribution in [0, 0.1) is 0 Å². The number of hydrogen-bond acceptors (Lipinski definition) is 6. The van der Waals surface area contributed by atoms with Crippen LogP contribution >= 0.6 is 0 Å². The van der Waals surface area contributed by atoms with E-state index in [9.17, 15) is 0 Å². The van der Waals surface area contributed by atoms with Crippen molar-refractivity contribution in [1.82, 2.24) is 15.3 Å². The summed E-state index contributed by atoms with van der Waals surface area (Å²) in [7, 11) is 0. The molecule has 2 aliphatic heterocycles. The molecule has 0 amide bonds. The van der Waals surface area contributed by atoms with Gasteiger partial charge in [0.05, 0.1) is 0 Å². The number of nitrogens with one attached hydrogen (secondary N) is 2. The van der Waals surface area contributed by atoms with Crippen molar-refractivity contribution in [3.05, 3.63) is 36.2 Å². The summed E-state index contributed by atoms with van der Waals surface area (Å²) in [6.07, 6.45) is 5.86. The maximum absolute atomic E-state index is 6.58. The third-order valence-corrected chi connectivity index (χ3v) is 5.76. The molecule has 1 aromatic carbocycles. The lowest BCUT2D eigenvalue weighted by Gasteiger charge is -2.46. The molecule has 0 atom stereocenters. The van der Waals surface area contributed by atoms with Crippen molar-refractivity contribution in [3.8, 4) is 0 Å². The van der Waals surface area contributed by atoms with Crippen molar-refractivity contribution in [1.29, 1.82) is 0 Å². The van der Waals surface area contributed by atoms with Crippen LogP contribution in [0.15, 0.2) is 30.6 Å². The van der Waals surface area contributed by atoms with Gasteiger partial charge < -0.3 is 21.3 Å². The topological polar surface area (TPSA) is 79.1 Å². The zero-order chi connectivity index (χ0) is 19.9. The highest BCUT2D eigenvalue weighted by molar-refractivity contribution is 5.80. The highest BCUT2D eigenvalue weighted by Gasteiger charge is 2.38. The van der Waals surface area contributed by atoms with E-state index < -0.39 is 0 Å². The van der Waals surface area contributed by atoms with Gasteiger partial charge in [-0.05, 0) is 65.0 Å². The molecule has 0 unspecified atom stereocenters. The minimum atomic E-state index is 0.0653. The highest BCUT2D eigenvalue weighted by Crippen LogP contribution is 2.38. The minimum Gasteiger partial charge on any atom is -0.393 e. The first-order chi connectivity index (χ1) is 13.2. The second-order valence-electron chi connectivity index (χ2n) is 9.49. The second kappa shape index (κ2) is 6.92. The molecule has 0 bridgehead atoms. The molecule has 0 aliphatic carbocycles. The van der Waals surface area contributed by atoms with Gasteiger partial charge in [0.1, 0.15) is 12.0 Å². The van der Waals surface area contributed by atoms with E-state index in [4.69, 9.17) is 5.73 Å². The van der Waals surface area contributed by atoms with E-state index in [1.807, 2.05) is 0 Å². The fourth-order valence-electron chi connectivity index (χ4n) is 5.09. The van der Waals surface area contributed by atoms with Crippen molar-refractivity contribution >= 4 is 23.0 Å². The number of nitrogen functional groups attached to an aromatic ring is 1. The first-order valence-electron chi connectivity index (χ1n) is 10.3. The van der Waals surface area contributed by atoms with Gasteiger partial charge in [-0.3, -0.25) is 0 Å². The number of aryl methyl sites for hydroxylation is 1. The van der Waals surface area contributed by atoms with E-state index in [0.29, 0.717) is 11.7 Å². The van der Waals surface area contributed by atoms with Crippen LogP contribution in [-0.4, -0.2) is 33.6 Å². The molecule has 0 radical (unpaired) electrons. The van der Waals surface area contributed by atoms with Crippen LogP contribution in [-0.2, 0) is 6.42 Å². The molecule has 2 aliphatic rings. The first-order valence-corrected chi connectivity index (χ1v) is 10.3. The Hall–Kier alpha value is -2.34. The van der Waals surface area contributed by atoms with Crippen LogP contribution < -0.4 is 21.3 Å². The number of aromatic nitrogens is 2. The zero-order valence-electron chi connectivity index (χ0n) is 17.4. The highest BCUT2D eigenvalue weighted by atomic mass is 15.2. The third-order valence-electron chi connectivity index (χ3n) is 5.76. The van der Waals surface area contributed by atoms with Crippen molar-refractivity contribution < 1.29 is 0 Å². The molecule has 6 heteroatoms. The maximum Gasteiger partial charge on any atom is 0.161 e. The Morgan fingerprint density at radius 3 is 2.57 bits per heavy atom. The van der Waals surface area contributed by atoms with E-state index in [0.717, 1.165) is 43.9 Å². The largest absolute Gasteiger partial charge is 0.393 e. The number of piperidine rings is 1. The fourth-order valence-corrected chi connectivity index (χ4v) is 5.09. The third kappa shape index (κ3) is 3.78. The normalized spacial score (nSPS) is 21.2. The van der Waals surface area contributed by atoms with E-state index in [1.165, 1.54) is 11.3 Å². The lowest BCUT2D eigenvalue weighted by atomic mass is 9.79. The Labute approximate surface area is 167 Å². The minimum absolute atomic E-state index is 0.0653. The van der Waals surface area contributed by atoms with E-state index in [-0.39, 0.29) is 11.1 Å². The van der Waals surface area contributed by atoms with Crippen molar-refractivity contribution in [2.45, 2.75) is 70.5 Å². The smallest absolute Gasteiger partial charge is 0.161 e. The van der Waals surface area contributed by atoms with Crippen molar-refractivity contribution in [2.75, 3.05) is 22.5 Å². The Kier molecular flexibility index (Phi) is 4.70. The average molecular weight is 381 g/mol. The van der Waals surface area contributed by atoms with Crippen LogP contribution in [0.3, 0.4) is 0 Å². The van der Waals surface area contributed by atoms with Gasteiger partial charge in [0, 0.05) is 29.4 Å². The summed E-state index contributed by atoms with van der Waals surface area (Å²) < 4.78 is 0. The summed E-state index contributed by atoms with van der Waals surface area (Å²) in [6.45, 7) is 9.93. The molecule has 6 nitrogen and oxygen atoms in total. The molecule has 4 rings (SSSR count). The van der Waals surface area contributed by atoms with Gasteiger partial charge in [0.25, 0.3) is 0 Å². The average Bonchev–Trinajstić information content (AvgIpc) is 2.60. The SMILES string of the molecule is CC1(C)CC(Nc2ncnc(N3CCCc4ccccc43)c2N)CC(C)(C)N1. The van der Waals surface area contributed by atoms with Crippen LogP contribution in [0.2, 0.25) is 0 Å². The molecule has 150 valence electrons. The summed E-state index contributed by atoms with van der Waals surface area (Å²) in [6, 6.07) is 8.83. The second-order valence-corrected chi connectivity index (χ2v) is 9.49. The number of benzene rings is 1. The summed E-state index contributed by atoms with van der Waals surface area (Å²) >= 11 is 0. The number of anilines is 4. The monoisotopic (exact) mass is 380 g/mol. The van der Waals surface area contributed by atoms with Crippen LogP contribution in [0.5, 0.6) is 0 Å². The van der Waals surface area contributed by atoms with E-state index in [2.05, 4.69) is 77.5 Å². The fraction of sp³-hybridized carbons (Fsp3) is 0.545. The number of hydrogen-bond donors (Lipinski definition) is 3. The predicted molar refractivity (Wildman–Crippen MR) is 116 cm³/mol. The molecule has 2 aromatic rings. The van der Waals surface area contributed by atoms with Gasteiger partial charge in [0.15, 0.2) is 11.6 Å². The lowest BCUT2D eigenvalue weighted by molar-refractivity contribution is 0.170. The molecule has 1 saturated heterocycles. The predicted octanol–water partition coefficient (Wildman–Crippen LogP) is 3.86. The zero-order valence-corrected chi connectivity index (χ0v) is 17.4. The standard InChI is InChI=1S/C22H32N6/c1-21(2)12-16(13-22(3,4)27-21)26-19-18(23)20(25-14-24-19)28-11-7-9-15-8-5-6-10-17(15)28/h5-6,8,10,14,16,27H,7,9,11-13,23H2,1-4H3,(H,24,25,26). The number of nitrogens with zero attached hydrogens (tertiary/aromatic N) is 3. The van der Waals surface area contributed by atoms with Crippen LogP contribution in [0.1, 0.15) is 52.5 Å². The molecule has 1 fully saturated rings. The summed E-state index contributed by atoms with van der Waals surface area (Å²) in [5.74, 6) is 1.55. The molecule has 28 heavy (non-hydrogen) atoms. The van der Waals surface area contributed by atoms with Gasteiger partial charge >= 0.3 is 0 Å². The van der Waals surface area contributed by atoms with Gasteiger partial charge in [-0.25, -0.2) is 9.97 Å². The summed E-state index contributed by atoms with van der Waals surface area (Å²) in [5.41, 5.74) is 9.90. The molecule has 3 heterocycles. The van der Waals surface area contributed by atoms with Crippen molar-refractivity contribution in [2.24, 2.45) is 0 Å². The Balaban J connectivity index is 1.62. The van der Waals surface area contributed by atoms with Crippen LogP contribution in [0.4, 0.5) is 23.0 Å². The molecule has 0 spiro atoms. The molecule has 1 aromatic heterocycles. The van der Waals surface area contributed by atoms with Crippen LogP contribution in [0.25, 0.3) is 0 Å². The Bertz CT molecular complexity index is 844. The quantitative estimate of drug-likeness (QED) is 0.750. The molecular weight excluding hydrogens is 348 g/mol. The van der Waals surface area contributed by atoms with E-state index in [1.54, 1.807) is 6.33 Å². The van der Waals surface area contributed by atoms with Gasteiger partial charge in [-0.1, -0.05) is 18.2 Å². The number of para-hydroxylation sites is 1. The first kappa shape index (κ1) is 19.0. The summed E-state index contributed by atoms with van der Waals surface area (Å²) in [5, 5.41) is 7.35. The number of fused-ring (bicyclic) bond motifs is 1. The summed E-state index contributed by atoms with van der Waals surface area (Å²) in [4.78, 5) is 11.3. The van der Waals surface area contributed by atoms with Gasteiger partial charge in [-0.2, -0.15) is 0 Å². The Morgan fingerprint density at radius 2 is 1.82 bits per heavy atom. The van der Waals surface area contributed by atoms with E-state index >= 15 is 0 Å². The number of rotatable bonds is 3. The molecule has 4 N–H and O–H groups in total. The maximum atomic E-state index is 6.58. The molecular formula is C22H32N6. The van der Waals surface area contributed by atoms with Crippen molar-refractivity contribution in [3.63, 3.8) is 0 Å². The number of nitrogens with two attached hydrogens (primary N) is 1. The molecule has 0 saturated carbocycles. The van der Waals surface area contributed by atoms with Gasteiger partial charge in [0.2, 0.25) is 0 Å². The van der Waals surface area contributed by atoms with Gasteiger partial charge in [-0.15, -0.1) is 0 Å².